The second-order valence-electron chi connectivity index (χ2n) is 2.88. The first-order chi connectivity index (χ1) is 7.62. The van der Waals surface area contributed by atoms with Crippen molar-refractivity contribution in [1.29, 1.82) is 21.0 Å². The summed E-state index contributed by atoms with van der Waals surface area (Å²) in [6.45, 7) is 1.18. The van der Waals surface area contributed by atoms with Gasteiger partial charge >= 0.3 is 29.6 Å². The summed E-state index contributed by atoms with van der Waals surface area (Å²) in [4.78, 5) is 11.3. The summed E-state index contributed by atoms with van der Waals surface area (Å²) < 4.78 is 0. The van der Waals surface area contributed by atoms with Crippen LogP contribution in [-0.4, -0.2) is 5.78 Å². The third kappa shape index (κ3) is 2.49. The Hall–Kier alpha value is -1.37. The maximum Gasteiger partial charge on any atom is 1.00 e. The standard InChI is InChI=1S/C11H3N4O.Na/c1-6(16)11-9(4-14)7(2-12)8(3-13)10(11)5-15;/h1H3;/q;+1. The molecule has 0 aliphatic heterocycles. The summed E-state index contributed by atoms with van der Waals surface area (Å²) in [7, 11) is 0. The number of carbonyl (C=O) groups is 1. The normalized spacial score (nSPS) is 18.4. The van der Waals surface area contributed by atoms with Crippen molar-refractivity contribution in [2.45, 2.75) is 6.92 Å². The van der Waals surface area contributed by atoms with Crippen LogP contribution in [0.2, 0.25) is 0 Å². The van der Waals surface area contributed by atoms with Crippen LogP contribution >= 0.6 is 0 Å². The summed E-state index contributed by atoms with van der Waals surface area (Å²) >= 11 is 0. The Bertz CT molecular complexity index is 438. The minimum atomic E-state index is -0.508. The monoisotopic (exact) mass is 230 g/mol. The van der Waals surface area contributed by atoms with Gasteiger partial charge in [0.2, 0.25) is 0 Å². The van der Waals surface area contributed by atoms with Gasteiger partial charge in [0.15, 0.2) is 0 Å². The SMILES string of the molecule is CC(=O)[C]1[C](C#N)[C](C#N)[C](C#N)[C]1C#N.[Na+]. The molecular formula is C11H3N4NaO+. The molecule has 5 radical (unpaired) electrons. The maximum absolute atomic E-state index is 11.3. The number of nitrogens with zero attached hydrogens (tertiary/aromatic N) is 4. The Labute approximate surface area is 122 Å². The third-order valence-corrected chi connectivity index (χ3v) is 2.05. The van der Waals surface area contributed by atoms with Crippen molar-refractivity contribution in [3.05, 3.63) is 29.6 Å². The van der Waals surface area contributed by atoms with Gasteiger partial charge in [-0.1, -0.05) is 0 Å². The van der Waals surface area contributed by atoms with E-state index in [1.54, 1.807) is 24.3 Å². The third-order valence-electron chi connectivity index (χ3n) is 2.05. The molecule has 0 bridgehead atoms. The molecule has 0 aromatic rings. The van der Waals surface area contributed by atoms with Crippen molar-refractivity contribution in [1.82, 2.24) is 0 Å². The van der Waals surface area contributed by atoms with Gasteiger partial charge in [0.1, 0.15) is 29.5 Å². The van der Waals surface area contributed by atoms with Gasteiger partial charge in [0.25, 0.3) is 0 Å². The smallest absolute Gasteiger partial charge is 0.299 e. The van der Waals surface area contributed by atoms with E-state index in [4.69, 9.17) is 21.0 Å². The molecule has 0 amide bonds. The van der Waals surface area contributed by atoms with Gasteiger partial charge in [0.05, 0.1) is 30.2 Å². The maximum atomic E-state index is 11.3. The molecule has 0 saturated heterocycles. The van der Waals surface area contributed by atoms with E-state index in [1.807, 2.05) is 0 Å². The molecule has 0 aromatic carbocycles. The van der Waals surface area contributed by atoms with E-state index in [2.05, 4.69) is 0 Å². The molecule has 1 aliphatic rings. The van der Waals surface area contributed by atoms with E-state index in [1.165, 1.54) is 6.92 Å². The predicted octanol–water partition coefficient (Wildman–Crippen LogP) is -2.44. The van der Waals surface area contributed by atoms with Gasteiger partial charge in [-0.15, -0.1) is 0 Å². The molecular weight excluding hydrogens is 227 g/mol. The van der Waals surface area contributed by atoms with E-state index in [-0.39, 0.29) is 59.1 Å². The molecule has 0 spiro atoms. The van der Waals surface area contributed by atoms with Crippen molar-refractivity contribution in [2.24, 2.45) is 0 Å². The van der Waals surface area contributed by atoms with Crippen molar-refractivity contribution in [2.75, 3.05) is 0 Å². The summed E-state index contributed by atoms with van der Waals surface area (Å²) in [5.41, 5.74) is 0. The second-order valence-corrected chi connectivity index (χ2v) is 2.88. The molecule has 5 nitrogen and oxygen atoms in total. The minimum absolute atomic E-state index is 0. The fourth-order valence-corrected chi connectivity index (χ4v) is 1.42. The zero-order chi connectivity index (χ0) is 12.3. The van der Waals surface area contributed by atoms with Crippen LogP contribution in [0.3, 0.4) is 0 Å². The summed E-state index contributed by atoms with van der Waals surface area (Å²) in [5.74, 6) is -1.44. The molecule has 73 valence electrons. The van der Waals surface area contributed by atoms with Crippen LogP contribution in [0, 0.1) is 74.9 Å². The van der Waals surface area contributed by atoms with Crippen LogP contribution < -0.4 is 29.6 Å². The van der Waals surface area contributed by atoms with E-state index < -0.39 is 5.78 Å². The molecule has 0 N–H and O–H groups in total. The number of hydrogen-bond acceptors (Lipinski definition) is 5. The Morgan fingerprint density at radius 3 is 1.29 bits per heavy atom. The van der Waals surface area contributed by atoms with Gasteiger partial charge in [-0.25, -0.2) is 0 Å². The fraction of sp³-hybridized carbons (Fsp3) is 0.0909. The second kappa shape index (κ2) is 6.39. The van der Waals surface area contributed by atoms with Crippen LogP contribution in [0.1, 0.15) is 6.92 Å². The summed E-state index contributed by atoms with van der Waals surface area (Å²) in [5, 5.41) is 35.3. The minimum Gasteiger partial charge on any atom is -0.299 e. The first kappa shape index (κ1) is 15.6. The van der Waals surface area contributed by atoms with Crippen molar-refractivity contribution < 1.29 is 34.4 Å². The molecule has 17 heavy (non-hydrogen) atoms. The Morgan fingerprint density at radius 2 is 1.12 bits per heavy atom. The van der Waals surface area contributed by atoms with Crippen LogP contribution in [0.25, 0.3) is 0 Å². The first-order valence-corrected chi connectivity index (χ1v) is 4.10. The van der Waals surface area contributed by atoms with Crippen LogP contribution in [0.15, 0.2) is 0 Å². The fourth-order valence-electron chi connectivity index (χ4n) is 1.42. The van der Waals surface area contributed by atoms with Crippen LogP contribution in [-0.2, 0) is 4.79 Å². The molecule has 6 heteroatoms. The zero-order valence-corrected chi connectivity index (χ0v) is 11.2. The molecule has 0 aromatic heterocycles. The van der Waals surface area contributed by atoms with E-state index in [9.17, 15) is 4.79 Å². The van der Waals surface area contributed by atoms with Gasteiger partial charge < -0.3 is 0 Å². The molecule has 1 rings (SSSR count). The average molecular weight is 230 g/mol. The molecule has 1 saturated carbocycles. The van der Waals surface area contributed by atoms with Crippen molar-refractivity contribution in [3.8, 4) is 24.3 Å². The van der Waals surface area contributed by atoms with Gasteiger partial charge in [-0.3, -0.25) is 4.79 Å². The first-order valence-electron chi connectivity index (χ1n) is 4.10. The summed E-state index contributed by atoms with van der Waals surface area (Å²) in [6, 6.07) is 6.70. The van der Waals surface area contributed by atoms with Gasteiger partial charge in [-0.2, -0.15) is 21.0 Å². The predicted molar refractivity (Wildman–Crippen MR) is 49.3 cm³/mol. The van der Waals surface area contributed by atoms with Gasteiger partial charge in [-0.05, 0) is 6.92 Å². The Balaban J connectivity index is 0.00000256. The number of hydrogen-bond donors (Lipinski definition) is 0. The molecule has 1 fully saturated rings. The van der Waals surface area contributed by atoms with Gasteiger partial charge in [0, 0.05) is 0 Å². The largest absolute Gasteiger partial charge is 1.00 e. The van der Waals surface area contributed by atoms with Crippen LogP contribution in [0.5, 0.6) is 0 Å². The zero-order valence-electron chi connectivity index (χ0n) is 9.20. The van der Waals surface area contributed by atoms with E-state index >= 15 is 0 Å². The topological polar surface area (TPSA) is 112 Å². The molecule has 1 aliphatic carbocycles. The molecule has 0 atom stereocenters. The quantitative estimate of drug-likeness (QED) is 0.464. The molecule has 0 heterocycles. The number of Topliss-reactive ketones (excluding diaryl/α,β-unsaturated/α-hetero) is 1. The number of rotatable bonds is 1. The average Bonchev–Trinajstić information content (AvgIpc) is 2.60. The van der Waals surface area contributed by atoms with Crippen LogP contribution in [0.4, 0.5) is 0 Å². The Morgan fingerprint density at radius 1 is 0.824 bits per heavy atom. The van der Waals surface area contributed by atoms with Crippen molar-refractivity contribution >= 4 is 5.78 Å². The molecule has 0 unspecified atom stereocenters. The van der Waals surface area contributed by atoms with E-state index in [0.29, 0.717) is 0 Å². The van der Waals surface area contributed by atoms with E-state index in [0.717, 1.165) is 0 Å². The van der Waals surface area contributed by atoms with Crippen molar-refractivity contribution in [3.63, 3.8) is 0 Å². The number of ketones is 1. The number of carbonyl (C=O) groups excluding carboxylic acids is 1. The Kier molecular flexibility index (Phi) is 5.87. The summed E-state index contributed by atoms with van der Waals surface area (Å²) in [6.07, 6.45) is 0. The number of nitriles is 4.